The van der Waals surface area contributed by atoms with Crippen molar-refractivity contribution in [2.45, 2.75) is 82.7 Å². The first-order chi connectivity index (χ1) is 11.9. The zero-order chi connectivity index (χ0) is 17.1. The van der Waals surface area contributed by atoms with Crippen LogP contribution in [0.25, 0.3) is 0 Å². The Hall–Kier alpha value is -0.450. The van der Waals surface area contributed by atoms with Gasteiger partial charge in [0.2, 0.25) is 0 Å². The summed E-state index contributed by atoms with van der Waals surface area (Å²) in [7, 11) is 0. The maximum atomic E-state index is 12.6. The van der Waals surface area contributed by atoms with Crippen molar-refractivity contribution < 1.29 is 19.0 Å². The normalized spacial score (nSPS) is 58.4. The quantitative estimate of drug-likeness (QED) is 0.630. The first-order valence-corrected chi connectivity index (χ1v) is 10.4. The van der Waals surface area contributed by atoms with E-state index in [9.17, 15) is 4.79 Å². The summed E-state index contributed by atoms with van der Waals surface area (Å²) < 4.78 is 18.6. The summed E-state index contributed by atoms with van der Waals surface area (Å²) in [5.41, 5.74) is 0.168. The second kappa shape index (κ2) is 4.51. The largest absolute Gasteiger partial charge is 0.365 e. The van der Waals surface area contributed by atoms with E-state index >= 15 is 0 Å². The SMILES string of the molecule is C[C@]12CC[C@@H]3[C@@H](C[C@@H]4O[C@@]45CC4(CC[C@]35C)OCCO4)[C@H]1CCC2=O. The summed E-state index contributed by atoms with van der Waals surface area (Å²) in [5.74, 6) is 2.13. The summed E-state index contributed by atoms with van der Waals surface area (Å²) in [4.78, 5) is 12.6. The van der Waals surface area contributed by atoms with E-state index in [4.69, 9.17) is 14.2 Å². The van der Waals surface area contributed by atoms with Gasteiger partial charge in [0.1, 0.15) is 11.4 Å². The van der Waals surface area contributed by atoms with Crippen LogP contribution in [0.5, 0.6) is 0 Å². The van der Waals surface area contributed by atoms with Crippen molar-refractivity contribution in [1.82, 2.24) is 0 Å². The maximum absolute atomic E-state index is 12.6. The van der Waals surface area contributed by atoms with Crippen LogP contribution < -0.4 is 0 Å². The molecule has 4 saturated carbocycles. The molecule has 0 unspecified atom stereocenters. The highest BCUT2D eigenvalue weighted by molar-refractivity contribution is 5.87. The van der Waals surface area contributed by atoms with Crippen molar-refractivity contribution in [2.24, 2.45) is 28.6 Å². The zero-order valence-corrected chi connectivity index (χ0v) is 15.5. The molecule has 138 valence electrons. The van der Waals surface area contributed by atoms with E-state index in [2.05, 4.69) is 13.8 Å². The molecule has 0 N–H and O–H groups in total. The lowest BCUT2D eigenvalue weighted by Gasteiger charge is -2.59. The van der Waals surface area contributed by atoms with Gasteiger partial charge in [0.25, 0.3) is 0 Å². The predicted octanol–water partition coefficient (Wildman–Crippen LogP) is 3.47. The van der Waals surface area contributed by atoms with Crippen LogP contribution in [0.1, 0.15) is 65.2 Å². The van der Waals surface area contributed by atoms with Crippen LogP contribution in [0.4, 0.5) is 0 Å². The number of rotatable bonds is 0. The second-order valence-corrected chi connectivity index (χ2v) is 10.2. The van der Waals surface area contributed by atoms with Gasteiger partial charge in [-0.2, -0.15) is 0 Å². The van der Waals surface area contributed by atoms with Crippen LogP contribution in [-0.2, 0) is 19.0 Å². The topological polar surface area (TPSA) is 48.1 Å². The first kappa shape index (κ1) is 15.6. The van der Waals surface area contributed by atoms with Gasteiger partial charge < -0.3 is 14.2 Å². The number of carbonyl (C=O) groups excluding carboxylic acids is 1. The van der Waals surface area contributed by atoms with E-state index in [0.717, 1.165) is 58.2 Å². The monoisotopic (exact) mass is 346 g/mol. The lowest BCUT2D eigenvalue weighted by molar-refractivity contribution is -0.226. The highest BCUT2D eigenvalue weighted by atomic mass is 16.7. The molecule has 0 aromatic rings. The molecule has 0 aromatic heterocycles. The van der Waals surface area contributed by atoms with Gasteiger partial charge in [0.05, 0.1) is 19.3 Å². The Balaban J connectivity index is 1.35. The summed E-state index contributed by atoms with van der Waals surface area (Å²) in [6.07, 6.45) is 8.80. The van der Waals surface area contributed by atoms with Gasteiger partial charge in [-0.1, -0.05) is 13.8 Å². The fourth-order valence-electron chi connectivity index (χ4n) is 8.14. The third kappa shape index (κ3) is 1.69. The Morgan fingerprint density at radius 1 is 1.00 bits per heavy atom. The molecule has 0 amide bonds. The van der Waals surface area contributed by atoms with E-state index < -0.39 is 0 Å². The van der Waals surface area contributed by atoms with E-state index in [-0.39, 0.29) is 22.2 Å². The minimum atomic E-state index is -0.367. The molecular formula is C21H30O4. The molecule has 6 aliphatic rings. The maximum Gasteiger partial charge on any atom is 0.171 e. The third-order valence-corrected chi connectivity index (χ3v) is 9.60. The number of ether oxygens (including phenoxy) is 3. The molecular weight excluding hydrogens is 316 g/mol. The third-order valence-electron chi connectivity index (χ3n) is 9.60. The molecule has 6 fully saturated rings. The standard InChI is InChI=1S/C21H30O4/c1-18-6-5-15-13(14(18)3-4-16(18)22)11-17-21(25-17)12-20(23-9-10-24-20)8-7-19(15,21)2/h13-15,17H,3-12H2,1-2H3/t13-,14+,15+,17-,18-,19+,21-/m0/s1. The van der Waals surface area contributed by atoms with E-state index in [1.165, 1.54) is 6.42 Å². The minimum Gasteiger partial charge on any atom is -0.365 e. The Kier molecular flexibility index (Phi) is 2.81. The zero-order valence-electron chi connectivity index (χ0n) is 15.5. The number of hydrogen-bond donors (Lipinski definition) is 0. The fourth-order valence-corrected chi connectivity index (χ4v) is 8.14. The highest BCUT2D eigenvalue weighted by Gasteiger charge is 2.78. The van der Waals surface area contributed by atoms with Crippen molar-refractivity contribution >= 4 is 5.78 Å². The molecule has 2 heterocycles. The molecule has 0 radical (unpaired) electrons. The summed E-state index contributed by atoms with van der Waals surface area (Å²) in [5, 5.41) is 0. The van der Waals surface area contributed by atoms with Crippen molar-refractivity contribution in [1.29, 1.82) is 0 Å². The van der Waals surface area contributed by atoms with Gasteiger partial charge in [-0.15, -0.1) is 0 Å². The molecule has 4 nitrogen and oxygen atoms in total. The predicted molar refractivity (Wildman–Crippen MR) is 90.9 cm³/mol. The molecule has 4 aliphatic carbocycles. The first-order valence-electron chi connectivity index (χ1n) is 10.4. The Morgan fingerprint density at radius 3 is 2.60 bits per heavy atom. The second-order valence-electron chi connectivity index (χ2n) is 10.2. The average Bonchev–Trinajstić information content (AvgIpc) is 2.94. The van der Waals surface area contributed by atoms with Crippen LogP contribution in [0, 0.1) is 28.6 Å². The van der Waals surface area contributed by atoms with Crippen molar-refractivity contribution in [3.63, 3.8) is 0 Å². The Labute approximate surface area is 150 Å². The van der Waals surface area contributed by atoms with Crippen molar-refractivity contribution in [2.75, 3.05) is 13.2 Å². The molecule has 7 atom stereocenters. The molecule has 0 aromatic carbocycles. The molecule has 2 aliphatic heterocycles. The lowest BCUT2D eigenvalue weighted by Crippen LogP contribution is -2.61. The van der Waals surface area contributed by atoms with E-state index in [1.54, 1.807) is 0 Å². The van der Waals surface area contributed by atoms with Gasteiger partial charge in [0.15, 0.2) is 5.79 Å². The van der Waals surface area contributed by atoms with Gasteiger partial charge >= 0.3 is 0 Å². The van der Waals surface area contributed by atoms with E-state index in [1.807, 2.05) is 0 Å². The number of epoxide rings is 1. The van der Waals surface area contributed by atoms with Crippen LogP contribution in [-0.4, -0.2) is 36.5 Å². The van der Waals surface area contributed by atoms with Gasteiger partial charge in [-0.25, -0.2) is 0 Å². The smallest absolute Gasteiger partial charge is 0.171 e. The number of carbonyl (C=O) groups is 1. The fraction of sp³-hybridized carbons (Fsp3) is 0.952. The van der Waals surface area contributed by atoms with Crippen LogP contribution >= 0.6 is 0 Å². The molecule has 2 spiro atoms. The summed E-state index contributed by atoms with van der Waals surface area (Å²) in [6.45, 7) is 6.21. The van der Waals surface area contributed by atoms with Crippen molar-refractivity contribution in [3.05, 3.63) is 0 Å². The molecule has 0 bridgehead atoms. The highest BCUT2D eigenvalue weighted by Crippen LogP contribution is 2.74. The van der Waals surface area contributed by atoms with Crippen LogP contribution in [0.15, 0.2) is 0 Å². The average molecular weight is 346 g/mol. The number of fused-ring (bicyclic) bond motifs is 4. The molecule has 4 heteroatoms. The van der Waals surface area contributed by atoms with Crippen molar-refractivity contribution in [3.8, 4) is 0 Å². The van der Waals surface area contributed by atoms with Gasteiger partial charge in [-0.05, 0) is 49.9 Å². The Morgan fingerprint density at radius 2 is 1.80 bits per heavy atom. The van der Waals surface area contributed by atoms with E-state index in [0.29, 0.717) is 29.6 Å². The number of ketones is 1. The molecule has 2 saturated heterocycles. The summed E-state index contributed by atoms with van der Waals surface area (Å²) in [6, 6.07) is 0. The van der Waals surface area contributed by atoms with Gasteiger partial charge in [-0.3, -0.25) is 4.79 Å². The number of Topliss-reactive ketones (excluding diaryl/α,β-unsaturated/α-hetero) is 1. The Bertz CT molecular complexity index is 640. The molecule has 25 heavy (non-hydrogen) atoms. The number of hydrogen-bond acceptors (Lipinski definition) is 4. The lowest BCUT2D eigenvalue weighted by atomic mass is 9.45. The minimum absolute atomic E-state index is 0.0207. The van der Waals surface area contributed by atoms with Gasteiger partial charge in [0, 0.05) is 30.1 Å². The van der Waals surface area contributed by atoms with Crippen LogP contribution in [0.3, 0.4) is 0 Å². The summed E-state index contributed by atoms with van der Waals surface area (Å²) >= 11 is 0. The molecule has 6 rings (SSSR count). The van der Waals surface area contributed by atoms with Crippen LogP contribution in [0.2, 0.25) is 0 Å².